The monoisotopic (exact) mass is 718 g/mol. The molecular formula is C28H26N6O9S4. The molecule has 2 aromatic heterocycles. The highest BCUT2D eigenvalue weighted by molar-refractivity contribution is 8.01. The first kappa shape index (κ1) is 33.9. The van der Waals surface area contributed by atoms with Gasteiger partial charge in [0, 0.05) is 41.7 Å². The van der Waals surface area contributed by atoms with Crippen molar-refractivity contribution in [2.45, 2.75) is 36.5 Å². The van der Waals surface area contributed by atoms with Gasteiger partial charge in [-0.3, -0.25) is 24.1 Å². The van der Waals surface area contributed by atoms with Gasteiger partial charge in [-0.05, 0) is 30.7 Å². The normalized spacial score (nSPS) is 17.5. The van der Waals surface area contributed by atoms with E-state index in [2.05, 4.69) is 20.4 Å². The lowest BCUT2D eigenvalue weighted by molar-refractivity contribution is -0.150. The summed E-state index contributed by atoms with van der Waals surface area (Å²) >= 11 is 5.08. The number of thiazole rings is 2. The first-order chi connectivity index (χ1) is 22.5. The van der Waals surface area contributed by atoms with E-state index in [1.165, 1.54) is 65.7 Å². The van der Waals surface area contributed by atoms with Crippen LogP contribution in [0.25, 0.3) is 11.3 Å². The van der Waals surface area contributed by atoms with Crippen LogP contribution in [-0.4, -0.2) is 84.9 Å². The molecule has 2 aliphatic heterocycles. The zero-order chi connectivity index (χ0) is 33.8. The minimum atomic E-state index is -1.26. The number of ether oxygens (including phenoxy) is 2. The van der Waals surface area contributed by atoms with Gasteiger partial charge in [0.15, 0.2) is 26.7 Å². The number of carboxylic acid groups (broad SMARTS) is 1. The zero-order valence-electron chi connectivity index (χ0n) is 24.9. The maximum absolute atomic E-state index is 13.2. The summed E-state index contributed by atoms with van der Waals surface area (Å²) in [5.41, 5.74) is 7.31. The molecule has 0 saturated carbocycles. The average molecular weight is 719 g/mol. The van der Waals surface area contributed by atoms with E-state index in [1.54, 1.807) is 23.8 Å². The van der Waals surface area contributed by atoms with Crippen LogP contribution in [0.15, 0.2) is 49.7 Å². The van der Waals surface area contributed by atoms with Gasteiger partial charge in [0.05, 0.1) is 5.69 Å². The Kier molecular flexibility index (Phi) is 10.5. The molecule has 15 nitrogen and oxygen atoms in total. The summed E-state index contributed by atoms with van der Waals surface area (Å²) in [6.07, 6.45) is 0. The number of amides is 2. The molecule has 0 aliphatic carbocycles. The number of carboxylic acids is 1. The first-order valence-electron chi connectivity index (χ1n) is 13.7. The molecular weight excluding hydrogens is 693 g/mol. The molecule has 19 heteroatoms. The van der Waals surface area contributed by atoms with E-state index in [1.807, 2.05) is 0 Å². The maximum Gasteiger partial charge on any atom is 0.352 e. The van der Waals surface area contributed by atoms with Gasteiger partial charge in [-0.2, -0.15) is 0 Å². The standard InChI is InChI=1S/C28H26N6O9S4/c1-4-41-33-20(17-11-45-27(29)30-17)23(37)32-21-24(38)34-22(26(39)40)15(8-44-25(21)34)9-46-28-31-16(10-47-28)14-5-6-18(42-12(2)35)19(7-14)43-13(3)36/h5-7,10-11,21,25H,4,8-9H2,1-3H3,(H2,29,30)(H,32,37)(H,39,40)/t21-,25+/m1/s1. The Morgan fingerprint density at radius 1 is 1.13 bits per heavy atom. The fourth-order valence-electron chi connectivity index (χ4n) is 4.48. The Morgan fingerprint density at radius 2 is 1.87 bits per heavy atom. The quantitative estimate of drug-likeness (QED) is 0.0614. The van der Waals surface area contributed by atoms with Gasteiger partial charge in [0.1, 0.15) is 29.4 Å². The minimum absolute atomic E-state index is 0.0665. The number of hydrogen-bond acceptors (Lipinski definition) is 16. The number of carbonyl (C=O) groups excluding carboxylic acids is 4. The molecule has 2 atom stereocenters. The molecule has 0 radical (unpaired) electrons. The van der Waals surface area contributed by atoms with Crippen LogP contribution < -0.4 is 20.5 Å². The second-order valence-electron chi connectivity index (χ2n) is 9.68. The molecule has 3 aromatic rings. The van der Waals surface area contributed by atoms with Gasteiger partial charge in [-0.1, -0.05) is 16.9 Å². The molecule has 2 amide bonds. The second-order valence-corrected chi connectivity index (χ2v) is 13.8. The van der Waals surface area contributed by atoms with Crippen molar-refractivity contribution in [3.8, 4) is 22.8 Å². The highest BCUT2D eigenvalue weighted by Crippen LogP contribution is 2.42. The van der Waals surface area contributed by atoms with Crippen molar-refractivity contribution in [3.05, 3.63) is 45.9 Å². The van der Waals surface area contributed by atoms with Crippen molar-refractivity contribution in [2.24, 2.45) is 5.16 Å². The van der Waals surface area contributed by atoms with Crippen molar-refractivity contribution >= 4 is 86.8 Å². The van der Waals surface area contributed by atoms with Crippen LogP contribution >= 0.6 is 46.2 Å². The SMILES string of the molecule is CCON=C(C(=O)N[C@@H]1C(=O)N2C(C(=O)O)=C(CSc3nc(-c4ccc(OC(C)=O)c(OC(C)=O)c4)cs3)CS[C@@H]12)c1csc(N)n1. The second kappa shape index (κ2) is 14.5. The smallest absolute Gasteiger partial charge is 0.352 e. The van der Waals surface area contributed by atoms with E-state index in [-0.39, 0.29) is 46.1 Å². The lowest BCUT2D eigenvalue weighted by Gasteiger charge is -2.49. The summed E-state index contributed by atoms with van der Waals surface area (Å²) < 4.78 is 11.0. The van der Waals surface area contributed by atoms with E-state index < -0.39 is 41.1 Å². The van der Waals surface area contributed by atoms with Gasteiger partial charge in [-0.15, -0.1) is 34.4 Å². The lowest BCUT2D eigenvalue weighted by Crippen LogP contribution is -2.71. The fraction of sp³-hybridized carbons (Fsp3) is 0.286. The summed E-state index contributed by atoms with van der Waals surface area (Å²) in [5.74, 6) is -2.98. The first-order valence-corrected chi connectivity index (χ1v) is 17.5. The third-order valence-corrected chi connectivity index (χ3v) is 10.5. The number of aliphatic carboxylic acids is 1. The number of benzene rings is 1. The Bertz CT molecular complexity index is 1820. The number of hydrogen-bond donors (Lipinski definition) is 3. The number of esters is 2. The molecule has 4 N–H and O–H groups in total. The van der Waals surface area contributed by atoms with Gasteiger partial charge in [0.2, 0.25) is 0 Å². The molecule has 2 aliphatic rings. The Labute approximate surface area is 283 Å². The van der Waals surface area contributed by atoms with E-state index in [4.69, 9.17) is 20.0 Å². The van der Waals surface area contributed by atoms with Crippen molar-refractivity contribution in [1.29, 1.82) is 0 Å². The number of anilines is 1. The Hall–Kier alpha value is -4.46. The predicted molar refractivity (Wildman–Crippen MR) is 175 cm³/mol. The third-order valence-electron chi connectivity index (χ3n) is 6.40. The van der Waals surface area contributed by atoms with Crippen LogP contribution in [0.1, 0.15) is 26.5 Å². The number of nitrogens with zero attached hydrogens (tertiary/aromatic N) is 4. The number of β-lactam (4-membered cyclic amide) rings is 1. The van der Waals surface area contributed by atoms with E-state index in [0.29, 0.717) is 26.9 Å². The van der Waals surface area contributed by atoms with Crippen molar-refractivity contribution in [2.75, 3.05) is 23.8 Å². The number of aromatic nitrogens is 2. The molecule has 5 rings (SSSR count). The number of carbonyl (C=O) groups is 5. The molecule has 0 unspecified atom stereocenters. The third kappa shape index (κ3) is 7.58. The van der Waals surface area contributed by atoms with Crippen molar-refractivity contribution in [3.63, 3.8) is 0 Å². The fourth-order valence-corrected chi connectivity index (χ4v) is 8.35. The Balaban J connectivity index is 1.28. The Morgan fingerprint density at radius 3 is 2.53 bits per heavy atom. The molecule has 1 fully saturated rings. The summed E-state index contributed by atoms with van der Waals surface area (Å²) in [4.78, 5) is 76.6. The van der Waals surface area contributed by atoms with Crippen LogP contribution in [0.3, 0.4) is 0 Å². The van der Waals surface area contributed by atoms with E-state index in [0.717, 1.165) is 11.3 Å². The van der Waals surface area contributed by atoms with Crippen LogP contribution in [0, 0.1) is 0 Å². The zero-order valence-corrected chi connectivity index (χ0v) is 28.1. The summed E-state index contributed by atoms with van der Waals surface area (Å²) in [5, 5.41) is 19.5. The number of nitrogens with one attached hydrogen (secondary N) is 1. The number of nitrogen functional groups attached to an aromatic ring is 1. The largest absolute Gasteiger partial charge is 0.477 e. The highest BCUT2D eigenvalue weighted by Gasteiger charge is 2.54. The van der Waals surface area contributed by atoms with Crippen LogP contribution in [0.4, 0.5) is 5.13 Å². The van der Waals surface area contributed by atoms with Gasteiger partial charge in [0.25, 0.3) is 11.8 Å². The number of thioether (sulfide) groups is 2. The summed E-state index contributed by atoms with van der Waals surface area (Å²) in [7, 11) is 0. The molecule has 1 aromatic carbocycles. The van der Waals surface area contributed by atoms with E-state index in [9.17, 15) is 29.1 Å². The summed E-state index contributed by atoms with van der Waals surface area (Å²) in [6.45, 7) is 4.35. The molecule has 246 valence electrons. The molecule has 0 bridgehead atoms. The summed E-state index contributed by atoms with van der Waals surface area (Å²) in [6, 6.07) is 3.72. The maximum atomic E-state index is 13.2. The lowest BCUT2D eigenvalue weighted by atomic mass is 10.0. The number of nitrogens with two attached hydrogens (primary N) is 1. The van der Waals surface area contributed by atoms with Gasteiger partial charge < -0.3 is 30.5 Å². The van der Waals surface area contributed by atoms with Crippen molar-refractivity contribution in [1.82, 2.24) is 20.2 Å². The molecule has 1 saturated heterocycles. The number of oxime groups is 1. The number of rotatable bonds is 12. The van der Waals surface area contributed by atoms with Crippen LogP contribution in [0.2, 0.25) is 0 Å². The van der Waals surface area contributed by atoms with Gasteiger partial charge in [-0.25, -0.2) is 14.8 Å². The predicted octanol–water partition coefficient (Wildman–Crippen LogP) is 2.97. The molecule has 4 heterocycles. The average Bonchev–Trinajstić information content (AvgIpc) is 3.68. The molecule has 47 heavy (non-hydrogen) atoms. The van der Waals surface area contributed by atoms with Crippen LogP contribution in [0.5, 0.6) is 11.5 Å². The molecule has 0 spiro atoms. The van der Waals surface area contributed by atoms with Gasteiger partial charge >= 0.3 is 17.9 Å². The highest BCUT2D eigenvalue weighted by atomic mass is 32.2. The number of fused-ring (bicyclic) bond motifs is 1. The van der Waals surface area contributed by atoms with Crippen molar-refractivity contribution < 1.29 is 43.4 Å². The topological polar surface area (TPSA) is 213 Å². The van der Waals surface area contributed by atoms with Crippen LogP contribution in [-0.2, 0) is 28.8 Å². The minimum Gasteiger partial charge on any atom is -0.477 e. The van der Waals surface area contributed by atoms with E-state index >= 15 is 0 Å².